The summed E-state index contributed by atoms with van der Waals surface area (Å²) in [5.74, 6) is 1.53. The number of methoxy groups -OCH3 is 3. The molecule has 3 rings (SSSR count). The lowest BCUT2D eigenvalue weighted by Crippen LogP contribution is -2.31. The van der Waals surface area contributed by atoms with Crippen LogP contribution in [-0.4, -0.2) is 31.3 Å². The van der Waals surface area contributed by atoms with Gasteiger partial charge in [0.25, 0.3) is 0 Å². The average molecular weight is 385 g/mol. The number of alkyl halides is 1. The normalized spacial score (nSPS) is 19.8. The summed E-state index contributed by atoms with van der Waals surface area (Å²) in [7, 11) is 5.00. The monoisotopic (exact) mass is 384 g/mol. The largest absolute Gasteiger partial charge is 0.496 e. The first kappa shape index (κ1) is 15.7. The molecule has 0 aromatic heterocycles. The van der Waals surface area contributed by atoms with Gasteiger partial charge in [-0.25, -0.2) is 5.43 Å². The molecule has 2 aliphatic rings. The van der Waals surface area contributed by atoms with Crippen molar-refractivity contribution in [3.63, 3.8) is 0 Å². The first-order chi connectivity index (χ1) is 10.7. The van der Waals surface area contributed by atoms with E-state index in [2.05, 4.69) is 32.8 Å². The maximum absolute atomic E-state index is 5.59. The number of benzene rings is 1. The Balaban J connectivity index is 2.05. The van der Waals surface area contributed by atoms with Crippen LogP contribution in [0.2, 0.25) is 0 Å². The van der Waals surface area contributed by atoms with Gasteiger partial charge in [-0.3, -0.25) is 5.01 Å². The standard InChI is InChI=1S/C15H17BrN2O3S/c1-19-7-9-4-11(20-2)15(12(5-9)21-3)10-8-22-14-6-13(16)17-18(10)14/h4-6,8,13,17H,7H2,1-3H3. The van der Waals surface area contributed by atoms with Gasteiger partial charge in [0.1, 0.15) is 16.5 Å². The molecule has 7 heteroatoms. The quantitative estimate of drug-likeness (QED) is 0.620. The van der Waals surface area contributed by atoms with E-state index in [1.807, 2.05) is 17.1 Å². The zero-order valence-electron chi connectivity index (χ0n) is 12.6. The van der Waals surface area contributed by atoms with E-state index in [0.717, 1.165) is 33.4 Å². The number of nitrogens with one attached hydrogen (secondary N) is 1. The highest BCUT2D eigenvalue weighted by molar-refractivity contribution is 9.09. The van der Waals surface area contributed by atoms with E-state index in [1.165, 1.54) is 0 Å². The Morgan fingerprint density at radius 2 is 1.91 bits per heavy atom. The highest BCUT2D eigenvalue weighted by atomic mass is 79.9. The minimum atomic E-state index is 0.128. The third-order valence-electron chi connectivity index (χ3n) is 3.43. The van der Waals surface area contributed by atoms with E-state index in [9.17, 15) is 0 Å². The van der Waals surface area contributed by atoms with Crippen molar-refractivity contribution < 1.29 is 14.2 Å². The highest BCUT2D eigenvalue weighted by Gasteiger charge is 2.32. The van der Waals surface area contributed by atoms with Crippen molar-refractivity contribution in [3.05, 3.63) is 39.8 Å². The number of fused-ring (bicyclic) bond motifs is 1. The van der Waals surface area contributed by atoms with Crippen molar-refractivity contribution in [2.75, 3.05) is 21.3 Å². The predicted molar refractivity (Wildman–Crippen MR) is 91.6 cm³/mol. The minimum Gasteiger partial charge on any atom is -0.496 e. The van der Waals surface area contributed by atoms with Crippen LogP contribution in [0.1, 0.15) is 11.1 Å². The fourth-order valence-corrected chi connectivity index (χ4v) is 4.07. The molecule has 0 aliphatic carbocycles. The molecule has 2 aliphatic heterocycles. The molecule has 0 fully saturated rings. The van der Waals surface area contributed by atoms with Crippen LogP contribution in [0.4, 0.5) is 0 Å². The third-order valence-corrected chi connectivity index (χ3v) is 4.80. The Morgan fingerprint density at radius 3 is 2.50 bits per heavy atom. The van der Waals surface area contributed by atoms with Gasteiger partial charge in [-0.15, -0.1) is 0 Å². The molecule has 1 atom stereocenters. The smallest absolute Gasteiger partial charge is 0.132 e. The third kappa shape index (κ3) is 2.74. The van der Waals surface area contributed by atoms with Crippen LogP contribution >= 0.6 is 27.7 Å². The second-order valence-electron chi connectivity index (χ2n) is 4.80. The molecule has 0 radical (unpaired) electrons. The van der Waals surface area contributed by atoms with E-state index >= 15 is 0 Å². The molecule has 1 N–H and O–H groups in total. The molecule has 2 heterocycles. The number of halogens is 1. The van der Waals surface area contributed by atoms with Gasteiger partial charge in [0.05, 0.1) is 37.1 Å². The molecule has 5 nitrogen and oxygen atoms in total. The molecule has 1 aromatic carbocycles. The van der Waals surface area contributed by atoms with E-state index in [1.54, 1.807) is 33.1 Å². The van der Waals surface area contributed by atoms with E-state index in [-0.39, 0.29) is 4.95 Å². The number of nitrogens with zero attached hydrogens (tertiary/aromatic N) is 1. The van der Waals surface area contributed by atoms with Crippen LogP contribution in [0.5, 0.6) is 11.5 Å². The first-order valence-electron chi connectivity index (χ1n) is 6.71. The van der Waals surface area contributed by atoms with Crippen LogP contribution in [0.15, 0.2) is 28.6 Å². The van der Waals surface area contributed by atoms with Crippen molar-refractivity contribution in [3.8, 4) is 11.5 Å². The second-order valence-corrected chi connectivity index (χ2v) is 6.68. The summed E-state index contributed by atoms with van der Waals surface area (Å²) in [6, 6.07) is 3.96. The van der Waals surface area contributed by atoms with Crippen LogP contribution < -0.4 is 14.9 Å². The van der Waals surface area contributed by atoms with Gasteiger partial charge < -0.3 is 14.2 Å². The summed E-state index contributed by atoms with van der Waals surface area (Å²) in [5, 5.41) is 5.27. The Hall–Kier alpha value is -1.15. The molecule has 0 saturated carbocycles. The number of rotatable bonds is 5. The first-order valence-corrected chi connectivity index (χ1v) is 8.50. The van der Waals surface area contributed by atoms with Crippen LogP contribution in [0.25, 0.3) is 5.70 Å². The van der Waals surface area contributed by atoms with Gasteiger partial charge in [0.15, 0.2) is 0 Å². The van der Waals surface area contributed by atoms with Crippen molar-refractivity contribution >= 4 is 33.4 Å². The zero-order chi connectivity index (χ0) is 15.7. The van der Waals surface area contributed by atoms with Crippen LogP contribution in [0, 0.1) is 0 Å². The Morgan fingerprint density at radius 1 is 1.23 bits per heavy atom. The highest BCUT2D eigenvalue weighted by Crippen LogP contribution is 2.47. The fourth-order valence-electron chi connectivity index (χ4n) is 2.51. The lowest BCUT2D eigenvalue weighted by molar-refractivity contribution is 0.184. The van der Waals surface area contributed by atoms with Gasteiger partial charge in [0, 0.05) is 12.5 Å². The van der Waals surface area contributed by atoms with Crippen LogP contribution in [0.3, 0.4) is 0 Å². The van der Waals surface area contributed by atoms with Gasteiger partial charge >= 0.3 is 0 Å². The second kappa shape index (κ2) is 6.54. The summed E-state index contributed by atoms with van der Waals surface area (Å²) in [5.41, 5.74) is 6.28. The topological polar surface area (TPSA) is 43.0 Å². The summed E-state index contributed by atoms with van der Waals surface area (Å²) in [4.78, 5) is 0.128. The summed E-state index contributed by atoms with van der Waals surface area (Å²) in [6.45, 7) is 0.511. The average Bonchev–Trinajstić information content (AvgIpc) is 3.05. The molecule has 0 amide bonds. The van der Waals surface area contributed by atoms with Gasteiger partial charge in [-0.05, 0) is 23.8 Å². The molecular formula is C15H17BrN2O3S. The van der Waals surface area contributed by atoms with E-state index in [4.69, 9.17) is 14.2 Å². The van der Waals surface area contributed by atoms with Crippen LogP contribution in [-0.2, 0) is 11.3 Å². The van der Waals surface area contributed by atoms with Crippen molar-refractivity contribution in [1.29, 1.82) is 0 Å². The van der Waals surface area contributed by atoms with E-state index in [0.29, 0.717) is 6.61 Å². The maximum atomic E-state index is 5.59. The molecule has 0 bridgehead atoms. The summed E-state index contributed by atoms with van der Waals surface area (Å²) in [6.07, 6.45) is 2.12. The van der Waals surface area contributed by atoms with E-state index < -0.39 is 0 Å². The Kier molecular flexibility index (Phi) is 4.67. The Bertz CT molecular complexity index is 623. The molecule has 1 unspecified atom stereocenters. The Labute approximate surface area is 142 Å². The number of hydrazine groups is 1. The summed E-state index contributed by atoms with van der Waals surface area (Å²) >= 11 is 5.22. The summed E-state index contributed by atoms with van der Waals surface area (Å²) < 4.78 is 16.4. The van der Waals surface area contributed by atoms with Gasteiger partial charge in [-0.1, -0.05) is 27.7 Å². The molecular weight excluding hydrogens is 368 g/mol. The number of hydrogen-bond acceptors (Lipinski definition) is 6. The van der Waals surface area contributed by atoms with Crippen molar-refractivity contribution in [2.24, 2.45) is 0 Å². The predicted octanol–water partition coefficient (Wildman–Crippen LogP) is 3.28. The molecule has 22 heavy (non-hydrogen) atoms. The number of thioether (sulfide) groups is 1. The lowest BCUT2D eigenvalue weighted by atomic mass is 10.1. The number of ether oxygens (including phenoxy) is 3. The van der Waals surface area contributed by atoms with Gasteiger partial charge in [0.2, 0.25) is 0 Å². The van der Waals surface area contributed by atoms with Crippen molar-refractivity contribution in [1.82, 2.24) is 10.4 Å². The lowest BCUT2D eigenvalue weighted by Gasteiger charge is -2.23. The molecule has 118 valence electrons. The number of hydrogen-bond donors (Lipinski definition) is 1. The minimum absolute atomic E-state index is 0.128. The molecule has 1 aromatic rings. The maximum Gasteiger partial charge on any atom is 0.132 e. The zero-order valence-corrected chi connectivity index (χ0v) is 15.0. The molecule has 0 saturated heterocycles. The SMILES string of the molecule is COCc1cc(OC)c(C2=CSC3=CC(Br)NN32)c(OC)c1. The van der Waals surface area contributed by atoms with Crippen molar-refractivity contribution in [2.45, 2.75) is 11.6 Å². The fraction of sp³-hybridized carbons (Fsp3) is 0.333. The molecule has 0 spiro atoms. The van der Waals surface area contributed by atoms with Gasteiger partial charge in [-0.2, -0.15) is 0 Å².